The summed E-state index contributed by atoms with van der Waals surface area (Å²) in [7, 11) is 0. The van der Waals surface area contributed by atoms with Crippen LogP contribution in [0.15, 0.2) is 12.3 Å². The summed E-state index contributed by atoms with van der Waals surface area (Å²) in [6, 6.07) is 2.16. The van der Waals surface area contributed by atoms with Gasteiger partial charge in [0.05, 0.1) is 6.61 Å². The van der Waals surface area contributed by atoms with Crippen LogP contribution in [0.2, 0.25) is 0 Å². The summed E-state index contributed by atoms with van der Waals surface area (Å²) >= 11 is 0. The molecule has 0 aliphatic rings. The number of pyridine rings is 1. The highest BCUT2D eigenvalue weighted by molar-refractivity contribution is 5.47. The molecule has 1 aromatic heterocycles. The second kappa shape index (κ2) is 7.25. The lowest BCUT2D eigenvalue weighted by Gasteiger charge is -2.23. The number of rotatable bonds is 7. The van der Waals surface area contributed by atoms with Gasteiger partial charge in [0.25, 0.3) is 0 Å². The number of nitrogens with zero attached hydrogens (tertiary/aromatic N) is 2. The molecule has 17 heavy (non-hydrogen) atoms. The van der Waals surface area contributed by atoms with Crippen molar-refractivity contribution < 1.29 is 5.11 Å². The van der Waals surface area contributed by atoms with E-state index in [1.54, 1.807) is 0 Å². The van der Waals surface area contributed by atoms with Gasteiger partial charge in [-0.15, -0.1) is 0 Å². The minimum atomic E-state index is 0.161. The quantitative estimate of drug-likeness (QED) is 0.751. The molecule has 96 valence electrons. The first kappa shape index (κ1) is 13.9. The van der Waals surface area contributed by atoms with Gasteiger partial charge in [0.1, 0.15) is 5.82 Å². The van der Waals surface area contributed by atoms with Crippen LogP contribution in [0.4, 0.5) is 5.82 Å². The van der Waals surface area contributed by atoms with Crippen LogP contribution in [0, 0.1) is 6.92 Å². The van der Waals surface area contributed by atoms with Gasteiger partial charge in [-0.2, -0.15) is 0 Å². The molecule has 0 aliphatic heterocycles. The first-order chi connectivity index (χ1) is 8.22. The van der Waals surface area contributed by atoms with Gasteiger partial charge in [0.15, 0.2) is 0 Å². The van der Waals surface area contributed by atoms with Crippen LogP contribution >= 0.6 is 0 Å². The summed E-state index contributed by atoms with van der Waals surface area (Å²) in [6.07, 6.45) is 1.91. The maximum atomic E-state index is 9.01. The Bertz CT molecular complexity index is 341. The highest BCUT2D eigenvalue weighted by atomic mass is 16.3. The number of aromatic nitrogens is 1. The molecular formula is C13H23N3O. The predicted molar refractivity (Wildman–Crippen MR) is 71.3 cm³/mol. The molecule has 1 heterocycles. The summed E-state index contributed by atoms with van der Waals surface area (Å²) in [6.45, 7) is 9.71. The average Bonchev–Trinajstić information content (AvgIpc) is 2.34. The standard InChI is InChI=1S/C13H23N3O/c1-4-14-9-12-8-11(3)13(15-10-12)16(5-2)6-7-17/h8,10,14,17H,4-7,9H2,1-3H3. The largest absolute Gasteiger partial charge is 0.395 e. The summed E-state index contributed by atoms with van der Waals surface area (Å²) in [5.41, 5.74) is 2.36. The number of hydrogen-bond acceptors (Lipinski definition) is 4. The smallest absolute Gasteiger partial charge is 0.131 e. The van der Waals surface area contributed by atoms with Gasteiger partial charge in [0.2, 0.25) is 0 Å². The van der Waals surface area contributed by atoms with E-state index in [9.17, 15) is 0 Å². The van der Waals surface area contributed by atoms with Crippen LogP contribution < -0.4 is 10.2 Å². The Morgan fingerprint density at radius 1 is 1.41 bits per heavy atom. The Labute approximate surface area is 104 Å². The third-order valence-electron chi connectivity index (χ3n) is 2.74. The number of aliphatic hydroxyl groups excluding tert-OH is 1. The van der Waals surface area contributed by atoms with Crippen LogP contribution in [0.25, 0.3) is 0 Å². The van der Waals surface area contributed by atoms with Crippen LogP contribution in [0.5, 0.6) is 0 Å². The number of aryl methyl sites for hydroxylation is 1. The topological polar surface area (TPSA) is 48.4 Å². The minimum Gasteiger partial charge on any atom is -0.395 e. The van der Waals surface area contributed by atoms with Gasteiger partial charge in [-0.25, -0.2) is 4.98 Å². The van der Waals surface area contributed by atoms with Gasteiger partial charge in [-0.3, -0.25) is 0 Å². The molecule has 0 saturated carbocycles. The Morgan fingerprint density at radius 3 is 2.71 bits per heavy atom. The Balaban J connectivity index is 2.80. The number of hydrogen-bond donors (Lipinski definition) is 2. The Morgan fingerprint density at radius 2 is 2.18 bits per heavy atom. The molecule has 0 fully saturated rings. The van der Waals surface area contributed by atoms with Crippen molar-refractivity contribution in [3.63, 3.8) is 0 Å². The van der Waals surface area contributed by atoms with E-state index in [0.717, 1.165) is 31.0 Å². The first-order valence-electron chi connectivity index (χ1n) is 6.24. The van der Waals surface area contributed by atoms with Crippen molar-refractivity contribution in [1.29, 1.82) is 0 Å². The lowest BCUT2D eigenvalue weighted by atomic mass is 10.2. The van der Waals surface area contributed by atoms with E-state index >= 15 is 0 Å². The second-order valence-electron chi connectivity index (χ2n) is 4.07. The number of aliphatic hydroxyl groups is 1. The zero-order valence-corrected chi connectivity index (χ0v) is 11.0. The molecule has 0 atom stereocenters. The van der Waals surface area contributed by atoms with E-state index in [1.807, 2.05) is 6.20 Å². The molecule has 0 radical (unpaired) electrons. The first-order valence-corrected chi connectivity index (χ1v) is 6.24. The third-order valence-corrected chi connectivity index (χ3v) is 2.74. The fourth-order valence-electron chi connectivity index (χ4n) is 1.86. The summed E-state index contributed by atoms with van der Waals surface area (Å²) in [5, 5.41) is 12.3. The van der Waals surface area contributed by atoms with E-state index in [-0.39, 0.29) is 6.61 Å². The van der Waals surface area contributed by atoms with Crippen molar-refractivity contribution in [3.05, 3.63) is 23.4 Å². The number of likely N-dealkylation sites (N-methyl/N-ethyl adjacent to an activating group) is 1. The van der Waals surface area contributed by atoms with Gasteiger partial charge in [-0.1, -0.05) is 6.92 Å². The maximum absolute atomic E-state index is 9.01. The monoisotopic (exact) mass is 237 g/mol. The minimum absolute atomic E-state index is 0.161. The van der Waals surface area contributed by atoms with Crippen LogP contribution in [-0.4, -0.2) is 36.3 Å². The molecule has 0 bridgehead atoms. The lowest BCUT2D eigenvalue weighted by molar-refractivity contribution is 0.302. The second-order valence-corrected chi connectivity index (χ2v) is 4.07. The van der Waals surface area contributed by atoms with Gasteiger partial charge >= 0.3 is 0 Å². The van der Waals surface area contributed by atoms with Crippen LogP contribution in [0.3, 0.4) is 0 Å². The zero-order valence-electron chi connectivity index (χ0n) is 11.0. The van der Waals surface area contributed by atoms with Crippen LogP contribution in [0.1, 0.15) is 25.0 Å². The fourth-order valence-corrected chi connectivity index (χ4v) is 1.86. The molecule has 1 aromatic rings. The van der Waals surface area contributed by atoms with Crippen molar-refractivity contribution in [1.82, 2.24) is 10.3 Å². The molecule has 0 spiro atoms. The van der Waals surface area contributed by atoms with Crippen molar-refractivity contribution in [2.75, 3.05) is 31.1 Å². The molecular weight excluding hydrogens is 214 g/mol. The molecule has 2 N–H and O–H groups in total. The molecule has 4 heteroatoms. The normalized spacial score (nSPS) is 10.6. The average molecular weight is 237 g/mol. The molecule has 0 aromatic carbocycles. The van der Waals surface area contributed by atoms with Gasteiger partial charge in [-0.05, 0) is 37.6 Å². The van der Waals surface area contributed by atoms with Gasteiger partial charge < -0.3 is 15.3 Å². The maximum Gasteiger partial charge on any atom is 0.131 e. The molecule has 0 amide bonds. The predicted octanol–water partition coefficient (Wildman–Crippen LogP) is 1.32. The van der Waals surface area contributed by atoms with Crippen molar-refractivity contribution >= 4 is 5.82 Å². The van der Waals surface area contributed by atoms with Crippen LogP contribution in [-0.2, 0) is 6.54 Å². The van der Waals surface area contributed by atoms with E-state index in [4.69, 9.17) is 5.11 Å². The van der Waals surface area contributed by atoms with E-state index in [0.29, 0.717) is 6.54 Å². The zero-order chi connectivity index (χ0) is 12.7. The summed E-state index contributed by atoms with van der Waals surface area (Å²) in [5.74, 6) is 0.974. The Kier molecular flexibility index (Phi) is 5.94. The fraction of sp³-hybridized carbons (Fsp3) is 0.615. The number of nitrogens with one attached hydrogen (secondary N) is 1. The molecule has 0 aliphatic carbocycles. The van der Waals surface area contributed by atoms with E-state index in [2.05, 4.69) is 42.0 Å². The van der Waals surface area contributed by atoms with E-state index < -0.39 is 0 Å². The molecule has 4 nitrogen and oxygen atoms in total. The molecule has 1 rings (SSSR count). The SMILES string of the molecule is CCNCc1cnc(N(CC)CCO)c(C)c1. The van der Waals surface area contributed by atoms with Crippen molar-refractivity contribution in [3.8, 4) is 0 Å². The van der Waals surface area contributed by atoms with Gasteiger partial charge in [0, 0.05) is 25.8 Å². The van der Waals surface area contributed by atoms with Crippen molar-refractivity contribution in [2.24, 2.45) is 0 Å². The highest BCUT2D eigenvalue weighted by Gasteiger charge is 2.08. The molecule has 0 saturated heterocycles. The highest BCUT2D eigenvalue weighted by Crippen LogP contribution is 2.17. The summed E-state index contributed by atoms with van der Waals surface area (Å²) < 4.78 is 0. The Hall–Kier alpha value is -1.13. The third kappa shape index (κ3) is 3.98. The summed E-state index contributed by atoms with van der Waals surface area (Å²) in [4.78, 5) is 6.59. The number of anilines is 1. The molecule has 0 unspecified atom stereocenters. The lowest BCUT2D eigenvalue weighted by Crippen LogP contribution is -2.28. The van der Waals surface area contributed by atoms with Crippen molar-refractivity contribution in [2.45, 2.75) is 27.3 Å². The van der Waals surface area contributed by atoms with E-state index in [1.165, 1.54) is 5.56 Å².